The van der Waals surface area contributed by atoms with Crippen molar-refractivity contribution < 1.29 is 70.2 Å². The summed E-state index contributed by atoms with van der Waals surface area (Å²) >= 11 is 0. The van der Waals surface area contributed by atoms with Crippen LogP contribution in [0.15, 0.2) is 0 Å². The fourth-order valence-electron chi connectivity index (χ4n) is 2.42. The predicted molar refractivity (Wildman–Crippen MR) is 48.4 cm³/mol. The molecule has 0 aromatic carbocycles. The first-order valence-corrected chi connectivity index (χ1v) is 5.89. The maximum atomic E-state index is 13.5. The van der Waals surface area contributed by atoms with E-state index in [0.717, 1.165) is 0 Å². The van der Waals surface area contributed by atoms with E-state index in [-0.39, 0.29) is 0 Å². The molecule has 0 atom stereocenters. The summed E-state index contributed by atoms with van der Waals surface area (Å²) in [7, 11) is 0. The molecule has 156 valence electrons. The van der Waals surface area contributed by atoms with Crippen LogP contribution < -0.4 is 0 Å². The first-order chi connectivity index (χ1) is 10.9. The van der Waals surface area contributed by atoms with Gasteiger partial charge < -0.3 is 0 Å². The summed E-state index contributed by atoms with van der Waals surface area (Å²) in [6.07, 6.45) is -14.6. The van der Waals surface area contributed by atoms with Gasteiger partial charge in [-0.15, -0.1) is 0 Å². The highest BCUT2D eigenvalue weighted by molar-refractivity contribution is 5.23. The Bertz CT molecular complexity index is 519. The zero-order valence-electron chi connectivity index (χ0n) is 11.6. The molecule has 0 amide bonds. The fraction of sp³-hybridized carbons (Fsp3) is 1.00. The molecule has 0 radical (unpaired) electrons. The fourth-order valence-corrected chi connectivity index (χ4v) is 2.42. The Hall–Kier alpha value is -1.12. The van der Waals surface area contributed by atoms with Gasteiger partial charge in [0.25, 0.3) is 0 Å². The number of hydrogen-bond acceptors (Lipinski definition) is 0. The van der Waals surface area contributed by atoms with Crippen molar-refractivity contribution >= 4 is 0 Å². The van der Waals surface area contributed by atoms with Gasteiger partial charge in [0.2, 0.25) is 0 Å². The molecule has 0 aromatic rings. The monoisotopic (exact) mass is 428 g/mol. The van der Waals surface area contributed by atoms with E-state index in [0.29, 0.717) is 0 Å². The molecule has 0 aliphatic heterocycles. The van der Waals surface area contributed by atoms with Crippen molar-refractivity contribution in [1.82, 2.24) is 0 Å². The van der Waals surface area contributed by atoms with E-state index < -0.39 is 60.2 Å². The maximum Gasteiger partial charge on any atom is 0.403 e. The molecule has 1 fully saturated rings. The molecule has 0 nitrogen and oxygen atoms in total. The van der Waals surface area contributed by atoms with Crippen LogP contribution in [-0.2, 0) is 0 Å². The molecule has 0 saturated heterocycles. The SMILES string of the molecule is CC(C1C(F)(F)C(F)(F)C(F)(F)C(F)(F)C1(F)F)(C(F)(F)F)C(F)(F)F. The molecular weight excluding hydrogens is 424 g/mol. The van der Waals surface area contributed by atoms with Crippen LogP contribution >= 0.6 is 0 Å². The molecular formula is C10H4F16. The van der Waals surface area contributed by atoms with E-state index in [2.05, 4.69) is 0 Å². The average Bonchev–Trinajstić information content (AvgIpc) is 2.33. The first-order valence-electron chi connectivity index (χ1n) is 5.89. The molecule has 1 saturated carbocycles. The summed E-state index contributed by atoms with van der Waals surface area (Å²) in [5.41, 5.74) is -6.60. The molecule has 0 unspecified atom stereocenters. The normalized spacial score (nSPS) is 28.0. The molecule has 16 heteroatoms. The molecule has 0 spiro atoms. The van der Waals surface area contributed by atoms with Crippen LogP contribution in [-0.4, -0.2) is 42.0 Å². The Morgan fingerprint density at radius 1 is 0.500 bits per heavy atom. The van der Waals surface area contributed by atoms with Crippen molar-refractivity contribution in [3.8, 4) is 0 Å². The van der Waals surface area contributed by atoms with Crippen molar-refractivity contribution in [2.45, 2.75) is 48.9 Å². The third kappa shape index (κ3) is 2.18. The molecule has 0 bridgehead atoms. The van der Waals surface area contributed by atoms with Gasteiger partial charge in [-0.25, -0.2) is 0 Å². The van der Waals surface area contributed by atoms with Crippen molar-refractivity contribution in [3.63, 3.8) is 0 Å². The van der Waals surface area contributed by atoms with Crippen LogP contribution in [0.3, 0.4) is 0 Å². The lowest BCUT2D eigenvalue weighted by atomic mass is 9.61. The minimum absolute atomic E-state index is 1.52. The molecule has 1 aliphatic rings. The number of hydrogen-bond donors (Lipinski definition) is 0. The van der Waals surface area contributed by atoms with Crippen molar-refractivity contribution in [1.29, 1.82) is 0 Å². The summed E-state index contributed by atoms with van der Waals surface area (Å²) in [4.78, 5) is 0. The quantitative estimate of drug-likeness (QED) is 0.455. The Morgan fingerprint density at radius 2 is 0.731 bits per heavy atom. The summed E-state index contributed by atoms with van der Waals surface area (Å²) in [6, 6.07) is 0. The molecule has 0 N–H and O–H groups in total. The van der Waals surface area contributed by atoms with Gasteiger partial charge in [-0.3, -0.25) is 0 Å². The maximum absolute atomic E-state index is 13.5. The topological polar surface area (TPSA) is 0 Å². The van der Waals surface area contributed by atoms with Crippen molar-refractivity contribution in [3.05, 3.63) is 0 Å². The largest absolute Gasteiger partial charge is 0.403 e. The van der Waals surface area contributed by atoms with E-state index in [4.69, 9.17) is 0 Å². The van der Waals surface area contributed by atoms with E-state index in [1.165, 1.54) is 0 Å². The lowest BCUT2D eigenvalue weighted by Gasteiger charge is -2.54. The van der Waals surface area contributed by atoms with E-state index in [9.17, 15) is 70.2 Å². The second-order valence-electron chi connectivity index (χ2n) is 5.60. The Balaban J connectivity index is 4.06. The zero-order chi connectivity index (χ0) is 21.6. The lowest BCUT2D eigenvalue weighted by molar-refractivity contribution is -0.500. The third-order valence-corrected chi connectivity index (χ3v) is 4.11. The van der Waals surface area contributed by atoms with Gasteiger partial charge in [0.15, 0.2) is 5.41 Å². The van der Waals surface area contributed by atoms with Crippen LogP contribution in [0, 0.1) is 11.3 Å². The molecule has 26 heavy (non-hydrogen) atoms. The van der Waals surface area contributed by atoms with Gasteiger partial charge >= 0.3 is 42.0 Å². The van der Waals surface area contributed by atoms with Crippen LogP contribution in [0.4, 0.5) is 70.2 Å². The predicted octanol–water partition coefficient (Wildman–Crippen LogP) is 5.92. The summed E-state index contributed by atoms with van der Waals surface area (Å²) < 4.78 is 208. The van der Waals surface area contributed by atoms with Crippen LogP contribution in [0.1, 0.15) is 6.92 Å². The first kappa shape index (κ1) is 22.9. The third-order valence-electron chi connectivity index (χ3n) is 4.11. The number of alkyl halides is 16. The highest BCUT2D eigenvalue weighted by atomic mass is 19.4. The van der Waals surface area contributed by atoms with Gasteiger partial charge in [0, 0.05) is 0 Å². The lowest BCUT2D eigenvalue weighted by Crippen LogP contribution is -2.81. The molecule has 0 aromatic heterocycles. The summed E-state index contributed by atoms with van der Waals surface area (Å²) in [5, 5.41) is 0. The number of rotatable bonds is 1. The Kier molecular flexibility index (Phi) is 4.43. The van der Waals surface area contributed by atoms with Crippen molar-refractivity contribution in [2.24, 2.45) is 11.3 Å². The second kappa shape index (κ2) is 5.02. The molecule has 0 heterocycles. The van der Waals surface area contributed by atoms with Gasteiger partial charge in [0.05, 0.1) is 0 Å². The zero-order valence-corrected chi connectivity index (χ0v) is 11.6. The van der Waals surface area contributed by atoms with E-state index in [1.54, 1.807) is 0 Å². The highest BCUT2D eigenvalue weighted by Crippen LogP contribution is 2.73. The Labute approximate surface area is 132 Å². The average molecular weight is 428 g/mol. The van der Waals surface area contributed by atoms with Gasteiger partial charge in [-0.05, 0) is 6.92 Å². The van der Waals surface area contributed by atoms with Gasteiger partial charge in [0.1, 0.15) is 5.92 Å². The van der Waals surface area contributed by atoms with Crippen LogP contribution in [0.25, 0.3) is 0 Å². The highest BCUT2D eigenvalue weighted by Gasteiger charge is 2.99. The Morgan fingerprint density at radius 3 is 0.923 bits per heavy atom. The standard InChI is InChI=1S/C10H4F16/c1-3(9(21,22)23,10(24,25)26)2-4(11,12)6(15,16)8(19,20)7(17,18)5(2,13)14/h2H,1H3. The summed E-state index contributed by atoms with van der Waals surface area (Å²) in [6.45, 7) is -1.52. The van der Waals surface area contributed by atoms with Gasteiger partial charge in [-0.2, -0.15) is 70.2 Å². The van der Waals surface area contributed by atoms with Crippen LogP contribution in [0.2, 0.25) is 0 Å². The summed E-state index contributed by atoms with van der Waals surface area (Å²) in [5.74, 6) is -44.4. The molecule has 1 rings (SSSR count). The van der Waals surface area contributed by atoms with E-state index >= 15 is 0 Å². The number of halogens is 16. The smallest absolute Gasteiger partial charge is 0.199 e. The second-order valence-corrected chi connectivity index (χ2v) is 5.60. The van der Waals surface area contributed by atoms with Crippen molar-refractivity contribution in [2.75, 3.05) is 0 Å². The minimum atomic E-state index is -7.67. The molecule has 1 aliphatic carbocycles. The minimum Gasteiger partial charge on any atom is -0.199 e. The van der Waals surface area contributed by atoms with E-state index in [1.807, 2.05) is 0 Å². The van der Waals surface area contributed by atoms with Crippen LogP contribution in [0.5, 0.6) is 0 Å². The van der Waals surface area contributed by atoms with Gasteiger partial charge in [-0.1, -0.05) is 0 Å².